The second-order valence-corrected chi connectivity index (χ2v) is 1.96. The summed E-state index contributed by atoms with van der Waals surface area (Å²) in [4.78, 5) is 19.5. The summed E-state index contributed by atoms with van der Waals surface area (Å²) in [6.07, 6.45) is 0. The molecule has 0 radical (unpaired) electrons. The number of primary amides is 1. The molecule has 0 fully saturated rings. The third-order valence-corrected chi connectivity index (χ3v) is 1.16. The minimum atomic E-state index is -3.58. The van der Waals surface area contributed by atoms with Crippen molar-refractivity contribution in [3.05, 3.63) is 10.1 Å². The highest BCUT2D eigenvalue weighted by molar-refractivity contribution is 7.70. The van der Waals surface area contributed by atoms with Crippen LogP contribution < -0.4 is 5.73 Å². The molecule has 58 valence electrons. The molecule has 0 aromatic carbocycles. The van der Waals surface area contributed by atoms with Crippen LogP contribution in [0, 0.1) is 10.1 Å². The van der Waals surface area contributed by atoms with Gasteiger partial charge in [0.15, 0.2) is 5.03 Å². The monoisotopic (exact) mass is 169 g/mol. The molecule has 2 N–H and O–H groups in total. The van der Waals surface area contributed by atoms with Crippen molar-refractivity contribution in [1.82, 2.24) is 4.41 Å². The summed E-state index contributed by atoms with van der Waals surface area (Å²) in [5, 5.41) is 8.21. The Morgan fingerprint density at radius 2 is 2.00 bits per heavy atom. The Morgan fingerprint density at radius 3 is 2.00 bits per heavy atom. The zero-order chi connectivity index (χ0) is 8.31. The first kappa shape index (κ1) is 8.62. The normalized spacial score (nSPS) is 9.30. The number of carbonyl (C=O) groups excluding carboxylic acids is 1. The zero-order valence-corrected chi connectivity index (χ0v) is 5.35. The van der Waals surface area contributed by atoms with E-state index in [1.54, 1.807) is 0 Å². The third kappa shape index (κ3) is 1.85. The first-order valence-electron chi connectivity index (χ1n) is 1.85. The SMILES string of the molecule is NC(=O)N([N+](=O)[O-])[SH](=O)=O. The molecular weight excluding hydrogens is 166 g/mol. The van der Waals surface area contributed by atoms with E-state index in [4.69, 9.17) is 0 Å². The van der Waals surface area contributed by atoms with Crippen LogP contribution in [0.2, 0.25) is 0 Å². The van der Waals surface area contributed by atoms with E-state index in [2.05, 4.69) is 5.73 Å². The van der Waals surface area contributed by atoms with Gasteiger partial charge in [0, 0.05) is 0 Å². The second-order valence-electron chi connectivity index (χ2n) is 1.10. The minimum absolute atomic E-state index is 0.685. The van der Waals surface area contributed by atoms with E-state index >= 15 is 0 Å². The van der Waals surface area contributed by atoms with Crippen molar-refractivity contribution in [2.24, 2.45) is 5.73 Å². The standard InChI is InChI=1S/CH3N3O5S/c2-1(5)3(4(6)7)10(8)9/h10H,(H2,2,5). The summed E-state index contributed by atoms with van der Waals surface area (Å²) >= 11 is 0. The van der Waals surface area contributed by atoms with E-state index in [0.717, 1.165) is 0 Å². The number of hydrogen-bond acceptors (Lipinski definition) is 5. The van der Waals surface area contributed by atoms with E-state index < -0.39 is 26.4 Å². The molecule has 0 atom stereocenters. The lowest BCUT2D eigenvalue weighted by atomic mass is 11.1. The van der Waals surface area contributed by atoms with Crippen LogP contribution in [-0.4, -0.2) is 23.9 Å². The number of amides is 2. The number of carbonyl (C=O) groups is 1. The summed E-state index contributed by atoms with van der Waals surface area (Å²) < 4.78 is 18.9. The molecule has 0 aromatic heterocycles. The molecule has 0 saturated carbocycles. The highest BCUT2D eigenvalue weighted by atomic mass is 32.2. The second kappa shape index (κ2) is 2.96. The number of thiol groups is 1. The number of nitrogens with two attached hydrogens (primary N) is 1. The average Bonchev–Trinajstić information content (AvgIpc) is 1.59. The smallest absolute Gasteiger partial charge is 0.346 e. The predicted molar refractivity (Wildman–Crippen MR) is 28.7 cm³/mol. The van der Waals surface area contributed by atoms with Crippen molar-refractivity contribution in [3.63, 3.8) is 0 Å². The van der Waals surface area contributed by atoms with Crippen molar-refractivity contribution >= 4 is 16.9 Å². The quantitative estimate of drug-likeness (QED) is 0.283. The van der Waals surface area contributed by atoms with Crippen molar-refractivity contribution in [3.8, 4) is 0 Å². The van der Waals surface area contributed by atoms with Gasteiger partial charge in [-0.25, -0.2) is 23.3 Å². The maximum absolute atomic E-state index is 9.91. The van der Waals surface area contributed by atoms with Crippen LogP contribution in [0.3, 0.4) is 0 Å². The molecule has 0 aliphatic heterocycles. The fourth-order valence-corrected chi connectivity index (χ4v) is 0.501. The molecule has 0 bridgehead atoms. The largest absolute Gasteiger partial charge is 0.391 e. The maximum atomic E-state index is 9.91. The molecule has 8 nitrogen and oxygen atoms in total. The van der Waals surface area contributed by atoms with Gasteiger partial charge in [-0.2, -0.15) is 0 Å². The summed E-state index contributed by atoms with van der Waals surface area (Å²) in [7, 11) is -3.58. The number of hydrazine groups is 1. The molecule has 0 unspecified atom stereocenters. The Labute approximate surface area is 56.4 Å². The van der Waals surface area contributed by atoms with Gasteiger partial charge in [0.05, 0.1) is 4.41 Å². The van der Waals surface area contributed by atoms with Gasteiger partial charge in [0.2, 0.25) is 0 Å². The summed E-state index contributed by atoms with van der Waals surface area (Å²) in [5.41, 5.74) is 4.30. The first-order chi connectivity index (χ1) is 4.46. The Hall–Kier alpha value is -1.38. The lowest BCUT2D eigenvalue weighted by Gasteiger charge is -1.97. The summed E-state index contributed by atoms with van der Waals surface area (Å²) in [6.45, 7) is 0. The Kier molecular flexibility index (Phi) is 2.55. The van der Waals surface area contributed by atoms with Crippen LogP contribution in [0.1, 0.15) is 0 Å². The number of nitro groups is 1. The van der Waals surface area contributed by atoms with Gasteiger partial charge in [-0.1, -0.05) is 0 Å². The molecule has 0 aromatic rings. The van der Waals surface area contributed by atoms with Gasteiger partial charge in [0.25, 0.3) is 10.9 Å². The fraction of sp³-hybridized carbons (Fsp3) is 0. The third-order valence-electron chi connectivity index (χ3n) is 0.506. The molecule has 0 aliphatic rings. The Balaban J connectivity index is 4.59. The summed E-state index contributed by atoms with van der Waals surface area (Å²) in [5.74, 6) is 0. The topological polar surface area (TPSA) is 124 Å². The minimum Gasteiger partial charge on any atom is -0.346 e. The van der Waals surface area contributed by atoms with E-state index in [1.807, 2.05) is 0 Å². The van der Waals surface area contributed by atoms with E-state index in [-0.39, 0.29) is 0 Å². The predicted octanol–water partition coefficient (Wildman–Crippen LogP) is -1.91. The Bertz CT molecular complexity index is 209. The molecule has 10 heavy (non-hydrogen) atoms. The summed E-state index contributed by atoms with van der Waals surface area (Å²) in [6, 6.07) is -1.64. The molecule has 0 saturated heterocycles. The van der Waals surface area contributed by atoms with Crippen molar-refractivity contribution in [1.29, 1.82) is 0 Å². The Morgan fingerprint density at radius 1 is 1.60 bits per heavy atom. The highest BCUT2D eigenvalue weighted by Crippen LogP contribution is 1.85. The van der Waals surface area contributed by atoms with Crippen LogP contribution >= 0.6 is 0 Å². The molecule has 0 spiro atoms. The molecule has 0 heterocycles. The lowest BCUT2D eigenvalue weighted by molar-refractivity contribution is -0.597. The number of urea groups is 1. The molecular formula is CH3N3O5S. The molecule has 2 amide bonds. The van der Waals surface area contributed by atoms with Gasteiger partial charge < -0.3 is 5.73 Å². The number of hydrogen-bond donors (Lipinski definition) is 2. The maximum Gasteiger partial charge on any atom is 0.391 e. The molecule has 0 aliphatic carbocycles. The van der Waals surface area contributed by atoms with Gasteiger partial charge in [-0.15, -0.1) is 0 Å². The van der Waals surface area contributed by atoms with Crippen molar-refractivity contribution < 1.29 is 18.2 Å². The average molecular weight is 169 g/mol. The fourth-order valence-electron chi connectivity index (χ4n) is 0.221. The highest BCUT2D eigenvalue weighted by Gasteiger charge is 2.23. The number of rotatable bonds is 2. The van der Waals surface area contributed by atoms with Crippen LogP contribution in [0.25, 0.3) is 0 Å². The van der Waals surface area contributed by atoms with Crippen LogP contribution in [0.15, 0.2) is 0 Å². The molecule has 9 heteroatoms. The van der Waals surface area contributed by atoms with E-state index in [9.17, 15) is 23.3 Å². The van der Waals surface area contributed by atoms with Crippen molar-refractivity contribution in [2.45, 2.75) is 0 Å². The van der Waals surface area contributed by atoms with Crippen LogP contribution in [0.4, 0.5) is 4.79 Å². The molecule has 0 rings (SSSR count). The van der Waals surface area contributed by atoms with Crippen molar-refractivity contribution in [2.75, 3.05) is 0 Å². The van der Waals surface area contributed by atoms with E-state index in [0.29, 0.717) is 0 Å². The van der Waals surface area contributed by atoms with Gasteiger partial charge >= 0.3 is 6.03 Å². The van der Waals surface area contributed by atoms with Crippen LogP contribution in [0.5, 0.6) is 0 Å². The van der Waals surface area contributed by atoms with Gasteiger partial charge in [-0.05, 0) is 0 Å². The lowest BCUT2D eigenvalue weighted by Crippen LogP contribution is -2.38. The first-order valence-corrected chi connectivity index (χ1v) is 2.98. The van der Waals surface area contributed by atoms with Gasteiger partial charge in [0.1, 0.15) is 0 Å². The number of nitrogens with zero attached hydrogens (tertiary/aromatic N) is 2. The zero-order valence-electron chi connectivity index (χ0n) is 4.46. The van der Waals surface area contributed by atoms with E-state index in [1.165, 1.54) is 0 Å². The van der Waals surface area contributed by atoms with Crippen LogP contribution in [-0.2, 0) is 10.9 Å². The van der Waals surface area contributed by atoms with Gasteiger partial charge in [-0.3, -0.25) is 0 Å².